The number of carbonyl (C=O) groups is 4. The molecule has 0 aliphatic rings. The highest BCUT2D eigenvalue weighted by molar-refractivity contribution is 7.86. The number of benzene rings is 2. The Morgan fingerprint density at radius 3 is 2.24 bits per heavy atom. The van der Waals surface area contributed by atoms with Gasteiger partial charge in [0.15, 0.2) is 0 Å². The van der Waals surface area contributed by atoms with Gasteiger partial charge in [-0.1, -0.05) is 19.1 Å². The molecule has 2 aromatic carbocycles. The molecule has 0 aliphatic heterocycles. The van der Waals surface area contributed by atoms with Crippen molar-refractivity contribution in [2.45, 2.75) is 32.9 Å². The van der Waals surface area contributed by atoms with E-state index in [1.54, 1.807) is 38.1 Å². The molecule has 12 heteroatoms. The molecule has 0 spiro atoms. The molecular weight excluding hydrogens is 517 g/mol. The van der Waals surface area contributed by atoms with E-state index in [0.29, 0.717) is 17.0 Å². The van der Waals surface area contributed by atoms with Crippen LogP contribution in [0, 0.1) is 5.82 Å². The number of carbonyl (C=O) groups excluding carboxylic acids is 4. The number of nitrogens with zero attached hydrogens (tertiary/aromatic N) is 1. The third kappa shape index (κ3) is 9.92. The highest BCUT2D eigenvalue weighted by Gasteiger charge is 2.31. The molecule has 3 amide bonds. The maximum absolute atomic E-state index is 13.1. The summed E-state index contributed by atoms with van der Waals surface area (Å²) in [4.78, 5) is 51.5. The van der Waals surface area contributed by atoms with Gasteiger partial charge in [0, 0.05) is 23.0 Å². The largest absolute Gasteiger partial charge is 0.497 e. The van der Waals surface area contributed by atoms with Crippen molar-refractivity contribution in [3.63, 3.8) is 0 Å². The standard InChI is InChI=1S/C26H32FN3O7S/c1-4-22(26(34)28-14-18-6-8-19(27)9-7-18)30(15-25(33)37-5-2)24(32)17-38(35)16-23(31)29-20-10-12-21(36-3)13-11-20/h6-13,22H,4-5,14-17H2,1-3H3,(H,28,34)(H,29,31)/t22-,38+/m0/s1. The Labute approximate surface area is 223 Å². The summed E-state index contributed by atoms with van der Waals surface area (Å²) < 4.78 is 35.8. The molecule has 0 aliphatic carbocycles. The number of rotatable bonds is 14. The zero-order valence-corrected chi connectivity index (χ0v) is 22.3. The van der Waals surface area contributed by atoms with E-state index in [1.807, 2.05) is 0 Å². The van der Waals surface area contributed by atoms with Crippen molar-refractivity contribution in [2.24, 2.45) is 0 Å². The third-order valence-electron chi connectivity index (χ3n) is 5.32. The van der Waals surface area contributed by atoms with Crippen molar-refractivity contribution < 1.29 is 37.3 Å². The number of hydrogen-bond acceptors (Lipinski definition) is 7. The van der Waals surface area contributed by atoms with Crippen molar-refractivity contribution in [2.75, 3.05) is 37.1 Å². The van der Waals surface area contributed by atoms with Gasteiger partial charge >= 0.3 is 5.97 Å². The second-order valence-electron chi connectivity index (χ2n) is 8.10. The lowest BCUT2D eigenvalue weighted by atomic mass is 10.1. The summed E-state index contributed by atoms with van der Waals surface area (Å²) in [6, 6.07) is 11.0. The van der Waals surface area contributed by atoms with Gasteiger partial charge in [0.1, 0.15) is 35.7 Å². The fourth-order valence-corrected chi connectivity index (χ4v) is 4.37. The maximum atomic E-state index is 13.1. The molecular formula is C26H32FN3O7S. The van der Waals surface area contributed by atoms with Crippen LogP contribution in [0.1, 0.15) is 25.8 Å². The first-order valence-corrected chi connectivity index (χ1v) is 13.4. The number of ether oxygens (including phenoxy) is 2. The number of nitrogens with one attached hydrogen (secondary N) is 2. The van der Waals surface area contributed by atoms with Gasteiger partial charge in [-0.2, -0.15) is 0 Å². The predicted octanol–water partition coefficient (Wildman–Crippen LogP) is 2.01. The fourth-order valence-electron chi connectivity index (χ4n) is 3.46. The van der Waals surface area contributed by atoms with Crippen LogP contribution in [-0.4, -0.2) is 70.6 Å². The number of hydrogen-bond donors (Lipinski definition) is 2. The number of methoxy groups -OCH3 is 1. The molecule has 0 saturated heterocycles. The zero-order valence-electron chi connectivity index (χ0n) is 21.5. The van der Waals surface area contributed by atoms with Gasteiger partial charge in [-0.25, -0.2) is 4.39 Å². The Hall–Kier alpha value is -3.80. The molecule has 0 bridgehead atoms. The minimum Gasteiger partial charge on any atom is -0.497 e. The quantitative estimate of drug-likeness (QED) is 0.345. The van der Waals surface area contributed by atoms with Gasteiger partial charge in [-0.3, -0.25) is 23.4 Å². The van der Waals surface area contributed by atoms with Crippen LogP contribution < -0.4 is 15.4 Å². The van der Waals surface area contributed by atoms with Crippen LogP contribution in [0.3, 0.4) is 0 Å². The summed E-state index contributed by atoms with van der Waals surface area (Å²) in [5.74, 6) is -3.42. The SMILES string of the molecule is CCOC(=O)CN(C(=O)C[S@](=O)CC(=O)Nc1ccc(OC)cc1)[C@@H](CC)C(=O)NCc1ccc(F)cc1. The third-order valence-corrected chi connectivity index (χ3v) is 6.47. The van der Waals surface area contributed by atoms with E-state index in [4.69, 9.17) is 9.47 Å². The minimum absolute atomic E-state index is 0.0753. The van der Waals surface area contributed by atoms with E-state index in [1.165, 1.54) is 31.4 Å². The number of halogens is 1. The molecule has 38 heavy (non-hydrogen) atoms. The van der Waals surface area contributed by atoms with Crippen LogP contribution in [0.25, 0.3) is 0 Å². The highest BCUT2D eigenvalue weighted by Crippen LogP contribution is 2.15. The van der Waals surface area contributed by atoms with Crippen LogP contribution >= 0.6 is 0 Å². The molecule has 0 saturated carbocycles. The lowest BCUT2D eigenvalue weighted by molar-refractivity contribution is -0.151. The second-order valence-corrected chi connectivity index (χ2v) is 9.56. The summed E-state index contributed by atoms with van der Waals surface area (Å²) >= 11 is 0. The van der Waals surface area contributed by atoms with E-state index in [2.05, 4.69) is 10.6 Å². The van der Waals surface area contributed by atoms with Crippen molar-refractivity contribution >= 4 is 40.2 Å². The first-order valence-electron chi connectivity index (χ1n) is 11.9. The first-order chi connectivity index (χ1) is 18.2. The van der Waals surface area contributed by atoms with Crippen molar-refractivity contribution in [3.05, 3.63) is 59.9 Å². The van der Waals surface area contributed by atoms with Gasteiger partial charge in [-0.15, -0.1) is 0 Å². The molecule has 0 fully saturated rings. The molecule has 2 atom stereocenters. The van der Waals surface area contributed by atoms with Crippen molar-refractivity contribution in [3.8, 4) is 5.75 Å². The fraction of sp³-hybridized carbons (Fsp3) is 0.385. The monoisotopic (exact) mass is 549 g/mol. The van der Waals surface area contributed by atoms with Crippen LogP contribution in [0.2, 0.25) is 0 Å². The van der Waals surface area contributed by atoms with E-state index in [-0.39, 0.29) is 19.6 Å². The summed E-state index contributed by atoms with van der Waals surface area (Å²) in [6.45, 7) is 2.89. The summed E-state index contributed by atoms with van der Waals surface area (Å²) in [7, 11) is -0.403. The zero-order chi connectivity index (χ0) is 28.1. The number of esters is 1. The Bertz CT molecular complexity index is 1130. The first kappa shape index (κ1) is 30.4. The van der Waals surface area contributed by atoms with Crippen molar-refractivity contribution in [1.29, 1.82) is 0 Å². The Balaban J connectivity index is 2.04. The Kier molecular flexibility index (Phi) is 12.4. The van der Waals surface area contributed by atoms with E-state index in [9.17, 15) is 27.8 Å². The van der Waals surface area contributed by atoms with Gasteiger partial charge < -0.3 is 25.0 Å². The van der Waals surface area contributed by atoms with E-state index < -0.39 is 64.4 Å². The van der Waals surface area contributed by atoms with Gasteiger partial charge in [0.25, 0.3) is 0 Å². The van der Waals surface area contributed by atoms with E-state index in [0.717, 1.165) is 4.90 Å². The van der Waals surface area contributed by atoms with Crippen molar-refractivity contribution in [1.82, 2.24) is 10.2 Å². The number of anilines is 1. The number of amides is 3. The predicted molar refractivity (Wildman–Crippen MR) is 140 cm³/mol. The van der Waals surface area contributed by atoms with Crippen LogP contribution in [0.15, 0.2) is 48.5 Å². The van der Waals surface area contributed by atoms with Crippen LogP contribution in [0.4, 0.5) is 10.1 Å². The molecule has 2 N–H and O–H groups in total. The Morgan fingerprint density at radius 2 is 1.66 bits per heavy atom. The molecule has 206 valence electrons. The molecule has 0 radical (unpaired) electrons. The highest BCUT2D eigenvalue weighted by atomic mass is 32.2. The van der Waals surface area contributed by atoms with Gasteiger partial charge in [-0.05, 0) is 55.3 Å². The normalized spacial score (nSPS) is 12.1. The molecule has 2 aromatic rings. The smallest absolute Gasteiger partial charge is 0.325 e. The summed E-state index contributed by atoms with van der Waals surface area (Å²) in [5, 5.41) is 5.26. The average Bonchev–Trinajstić information content (AvgIpc) is 2.88. The van der Waals surface area contributed by atoms with Gasteiger partial charge in [0.2, 0.25) is 17.7 Å². The van der Waals surface area contributed by atoms with Gasteiger partial charge in [0.05, 0.1) is 13.7 Å². The lowest BCUT2D eigenvalue weighted by Crippen LogP contribution is -2.52. The van der Waals surface area contributed by atoms with Crippen LogP contribution in [0.5, 0.6) is 5.75 Å². The van der Waals surface area contributed by atoms with E-state index >= 15 is 0 Å². The molecule has 0 heterocycles. The Morgan fingerprint density at radius 1 is 1.00 bits per heavy atom. The maximum Gasteiger partial charge on any atom is 0.325 e. The average molecular weight is 550 g/mol. The summed E-state index contributed by atoms with van der Waals surface area (Å²) in [6.07, 6.45) is 0.158. The second kappa shape index (κ2) is 15.5. The molecule has 10 nitrogen and oxygen atoms in total. The van der Waals surface area contributed by atoms with Crippen LogP contribution in [-0.2, 0) is 41.3 Å². The minimum atomic E-state index is -1.91. The molecule has 2 rings (SSSR count). The molecule has 0 aromatic heterocycles. The summed E-state index contributed by atoms with van der Waals surface area (Å²) in [5.41, 5.74) is 1.11. The lowest BCUT2D eigenvalue weighted by Gasteiger charge is -2.29. The molecule has 0 unspecified atom stereocenters. The topological polar surface area (TPSA) is 131 Å².